The second kappa shape index (κ2) is 49.2. The topological polar surface area (TPSA) is 55.8 Å². The lowest BCUT2D eigenvalue weighted by Crippen LogP contribution is -2.13. The van der Waals surface area contributed by atoms with Crippen LogP contribution in [0.25, 0.3) is 0 Å². The summed E-state index contributed by atoms with van der Waals surface area (Å²) in [5.74, 6) is 1.50. The van der Waals surface area contributed by atoms with Gasteiger partial charge in [-0.2, -0.15) is 0 Å². The van der Waals surface area contributed by atoms with E-state index in [0.29, 0.717) is 26.1 Å². The molecule has 0 spiro atoms. The van der Waals surface area contributed by atoms with Gasteiger partial charge in [0, 0.05) is 12.8 Å². The van der Waals surface area contributed by atoms with Crippen molar-refractivity contribution >= 4 is 19.9 Å². The lowest BCUT2D eigenvalue weighted by molar-refractivity contribution is -0.143. The molecule has 0 atom stereocenters. The van der Waals surface area contributed by atoms with Gasteiger partial charge in [0.05, 0.1) is 0 Å². The van der Waals surface area contributed by atoms with E-state index < -0.39 is 0 Å². The first-order valence-corrected chi connectivity index (χ1v) is 29.2. The van der Waals surface area contributed by atoms with E-state index in [9.17, 15) is 9.59 Å². The molecule has 0 aromatic heterocycles. The number of carbonyl (C=O) groups is 2. The molecule has 0 aromatic carbocycles. The summed E-state index contributed by atoms with van der Waals surface area (Å²) in [7, 11) is 4.47. The number of rotatable bonds is 49. The number of unbranched alkanes of at least 4 members (excludes halogenated alkanes) is 21. The van der Waals surface area contributed by atoms with Crippen molar-refractivity contribution in [3.05, 3.63) is 24.3 Å². The number of carbonyl (C=O) groups excluding carboxylic acids is 2. The van der Waals surface area contributed by atoms with Gasteiger partial charge in [-0.05, 0) is 102 Å². The fraction of sp³-hybridized carbons (Fsp3) is 0.893. The third kappa shape index (κ3) is 45.4. The zero-order chi connectivity index (χ0) is 45.4. The Balaban J connectivity index is 4.24. The maximum absolute atomic E-state index is 12.4. The van der Waals surface area contributed by atoms with Gasteiger partial charge in [0.15, 0.2) is 0 Å². The summed E-state index contributed by atoms with van der Waals surface area (Å²) in [6, 6.07) is 0. The molecular weight excluding hydrogens is 782 g/mol. The molecule has 0 heterocycles. The van der Waals surface area contributed by atoms with E-state index in [2.05, 4.69) is 71.0 Å². The van der Waals surface area contributed by atoms with Gasteiger partial charge in [-0.15, -0.1) is 7.92 Å². The Morgan fingerprint density at radius 2 is 0.742 bits per heavy atom. The lowest BCUT2D eigenvalue weighted by Gasteiger charge is -2.18. The van der Waals surface area contributed by atoms with E-state index >= 15 is 0 Å². The third-order valence-corrected chi connectivity index (χ3v) is 15.7. The second-order valence-electron chi connectivity index (χ2n) is 19.3. The minimum absolute atomic E-state index is 0.0328. The average molecular weight is 890 g/mol. The van der Waals surface area contributed by atoms with Crippen molar-refractivity contribution in [2.75, 3.05) is 52.3 Å². The Morgan fingerprint density at radius 1 is 0.419 bits per heavy atom. The predicted molar refractivity (Wildman–Crippen MR) is 276 cm³/mol. The maximum atomic E-state index is 12.4. The highest BCUT2D eigenvalue weighted by Crippen LogP contribution is 2.39. The molecule has 366 valence electrons. The lowest BCUT2D eigenvalue weighted by atomic mass is 9.91. The Kier molecular flexibility index (Phi) is 48.3. The van der Waals surface area contributed by atoms with E-state index in [1.807, 2.05) is 0 Å². The fourth-order valence-corrected chi connectivity index (χ4v) is 11.4. The van der Waals surface area contributed by atoms with Crippen LogP contribution < -0.4 is 0 Å². The minimum Gasteiger partial charge on any atom is -0.461 e. The van der Waals surface area contributed by atoms with Crippen LogP contribution in [0.5, 0.6) is 0 Å². The Bertz CT molecular complexity index is 904. The molecule has 0 radical (unpaired) electrons. The quantitative estimate of drug-likeness (QED) is 0.0264. The van der Waals surface area contributed by atoms with Crippen LogP contribution in [0.15, 0.2) is 24.3 Å². The van der Waals surface area contributed by atoms with Crippen molar-refractivity contribution in [2.45, 2.75) is 259 Å². The molecule has 0 unspecified atom stereocenters. The van der Waals surface area contributed by atoms with Crippen molar-refractivity contribution in [3.63, 3.8) is 0 Å². The monoisotopic (exact) mass is 890 g/mol. The van der Waals surface area contributed by atoms with E-state index in [4.69, 9.17) is 9.47 Å². The summed E-state index contributed by atoms with van der Waals surface area (Å²) < 4.78 is 11.1. The van der Waals surface area contributed by atoms with Crippen molar-refractivity contribution in [3.8, 4) is 0 Å². The molecule has 5 nitrogen and oxygen atoms in total. The zero-order valence-corrected chi connectivity index (χ0v) is 43.6. The Labute approximate surface area is 389 Å². The average Bonchev–Trinajstić information content (AvgIpc) is 3.26. The Hall–Kier alpha value is -1.19. The maximum Gasteiger partial charge on any atom is 0.306 e. The summed E-state index contributed by atoms with van der Waals surface area (Å²) >= 11 is 0. The van der Waals surface area contributed by atoms with Gasteiger partial charge in [0.25, 0.3) is 0 Å². The molecular formula is C56H108NO4P. The van der Waals surface area contributed by atoms with Crippen LogP contribution in [0.1, 0.15) is 259 Å². The van der Waals surface area contributed by atoms with Crippen molar-refractivity contribution in [1.82, 2.24) is 4.90 Å². The van der Waals surface area contributed by atoms with Gasteiger partial charge in [0.1, 0.15) is 13.2 Å². The number of nitrogens with zero attached hydrogens (tertiary/aromatic N) is 1. The molecule has 0 aliphatic rings. The van der Waals surface area contributed by atoms with Crippen molar-refractivity contribution in [1.29, 1.82) is 0 Å². The van der Waals surface area contributed by atoms with E-state index in [-0.39, 0.29) is 19.9 Å². The minimum atomic E-state index is -0.0328. The molecule has 62 heavy (non-hydrogen) atoms. The van der Waals surface area contributed by atoms with Crippen LogP contribution >= 0.6 is 7.92 Å². The first-order chi connectivity index (χ1) is 30.4. The van der Waals surface area contributed by atoms with Gasteiger partial charge >= 0.3 is 11.9 Å². The molecule has 0 aliphatic heterocycles. The smallest absolute Gasteiger partial charge is 0.306 e. The van der Waals surface area contributed by atoms with Crippen LogP contribution in [-0.2, 0) is 19.1 Å². The van der Waals surface area contributed by atoms with Gasteiger partial charge in [0.2, 0.25) is 0 Å². The van der Waals surface area contributed by atoms with E-state index in [0.717, 1.165) is 50.4 Å². The molecule has 0 rings (SSSR count). The van der Waals surface area contributed by atoms with E-state index in [1.165, 1.54) is 205 Å². The van der Waals surface area contributed by atoms with Crippen LogP contribution in [0.2, 0.25) is 0 Å². The van der Waals surface area contributed by atoms with Crippen molar-refractivity contribution in [2.24, 2.45) is 11.8 Å². The summed E-state index contributed by atoms with van der Waals surface area (Å²) in [4.78, 5) is 27.1. The number of allylic oxidation sites excluding steroid dienone is 2. The fourth-order valence-electron chi connectivity index (χ4n) is 8.71. The van der Waals surface area contributed by atoms with Crippen LogP contribution in [0, 0.1) is 11.8 Å². The third-order valence-electron chi connectivity index (χ3n) is 12.9. The van der Waals surface area contributed by atoms with Gasteiger partial charge in [-0.25, -0.2) is 0 Å². The summed E-state index contributed by atoms with van der Waals surface area (Å²) in [6.45, 7) is 11.2. The predicted octanol–water partition coefficient (Wildman–Crippen LogP) is 17.6. The Morgan fingerprint density at radius 3 is 1.10 bits per heavy atom. The molecule has 0 saturated carbocycles. The highest BCUT2D eigenvalue weighted by atomic mass is 31.1. The first-order valence-electron chi connectivity index (χ1n) is 27.3. The number of esters is 2. The molecule has 0 N–H and O–H groups in total. The van der Waals surface area contributed by atoms with Crippen LogP contribution in [-0.4, -0.2) is 69.2 Å². The molecule has 0 amide bonds. The summed E-state index contributed by atoms with van der Waals surface area (Å²) in [6.07, 6.45) is 57.7. The SMILES string of the molecule is CCCCCCC(C/C=C\COC(=O)CCCCCCCP(CCCCCCCC(=O)OC/C=C\CC(CCCCCC)CCCCCC)CCCCN(C)C)CCCCCC. The standard InChI is InChI=1S/C56H108NO4P/c1-7-11-15-25-39-53(40-26-16-12-8-2)43-31-34-48-60-55(58)45-29-21-19-23-36-50-62(52-38-33-47-57(5)6)51-37-24-20-22-30-46-56(59)61-49-35-32-44-54(41-27-17-13-9-3)42-28-18-14-10-4/h31-32,34-35,53-54H,7-30,33,36-52H2,1-6H3/b34-31-,35-32-. The first kappa shape index (κ1) is 60.8. The second-order valence-corrected chi connectivity index (χ2v) is 22.0. The molecule has 0 saturated heterocycles. The van der Waals surface area contributed by atoms with Gasteiger partial charge in [-0.1, -0.05) is 219 Å². The highest BCUT2D eigenvalue weighted by Gasteiger charge is 2.11. The molecule has 0 aromatic rings. The summed E-state index contributed by atoms with van der Waals surface area (Å²) in [5.41, 5.74) is 0. The molecule has 0 fully saturated rings. The number of ether oxygens (including phenoxy) is 2. The van der Waals surface area contributed by atoms with Gasteiger partial charge in [-0.3, -0.25) is 9.59 Å². The molecule has 0 bridgehead atoms. The van der Waals surface area contributed by atoms with Gasteiger partial charge < -0.3 is 14.4 Å². The molecule has 0 aliphatic carbocycles. The normalized spacial score (nSPS) is 12.1. The molecule has 6 heteroatoms. The van der Waals surface area contributed by atoms with Crippen molar-refractivity contribution < 1.29 is 19.1 Å². The largest absolute Gasteiger partial charge is 0.461 e. The number of hydrogen-bond donors (Lipinski definition) is 0. The number of hydrogen-bond acceptors (Lipinski definition) is 5. The van der Waals surface area contributed by atoms with E-state index in [1.54, 1.807) is 0 Å². The highest BCUT2D eigenvalue weighted by molar-refractivity contribution is 7.57. The van der Waals surface area contributed by atoms with Crippen LogP contribution in [0.3, 0.4) is 0 Å². The zero-order valence-electron chi connectivity index (χ0n) is 42.7. The summed E-state index contributed by atoms with van der Waals surface area (Å²) in [5, 5.41) is 0. The van der Waals surface area contributed by atoms with Crippen LogP contribution in [0.4, 0.5) is 0 Å².